The lowest BCUT2D eigenvalue weighted by atomic mass is 10.2. The molecule has 82 valence electrons. The molecule has 0 aliphatic carbocycles. The zero-order chi connectivity index (χ0) is 10.5. The van der Waals surface area contributed by atoms with Gasteiger partial charge in [0.2, 0.25) is 0 Å². The van der Waals surface area contributed by atoms with Gasteiger partial charge in [0, 0.05) is 12.2 Å². The highest BCUT2D eigenvalue weighted by Gasteiger charge is 2.26. The van der Waals surface area contributed by atoms with Crippen LogP contribution in [0.15, 0.2) is 30.3 Å². The van der Waals surface area contributed by atoms with E-state index in [0.29, 0.717) is 13.2 Å². The van der Waals surface area contributed by atoms with Crippen molar-refractivity contribution < 1.29 is 14.2 Å². The van der Waals surface area contributed by atoms with Gasteiger partial charge in [-0.25, -0.2) is 0 Å². The summed E-state index contributed by atoms with van der Waals surface area (Å²) in [6.45, 7) is 3.92. The molecule has 1 aromatic rings. The Morgan fingerprint density at radius 1 is 1.33 bits per heavy atom. The average molecular weight is 208 g/mol. The number of hydrogen-bond acceptors (Lipinski definition) is 3. The van der Waals surface area contributed by atoms with Gasteiger partial charge in [-0.05, 0) is 6.92 Å². The highest BCUT2D eigenvalue weighted by atomic mass is 16.7. The van der Waals surface area contributed by atoms with Crippen LogP contribution in [0.3, 0.4) is 0 Å². The zero-order valence-corrected chi connectivity index (χ0v) is 8.89. The Morgan fingerprint density at radius 3 is 2.87 bits per heavy atom. The molecule has 0 spiro atoms. The van der Waals surface area contributed by atoms with Crippen LogP contribution < -0.4 is 0 Å². The number of hydrogen-bond donors (Lipinski definition) is 0. The fourth-order valence-electron chi connectivity index (χ4n) is 1.57. The smallest absolute Gasteiger partial charge is 0.184 e. The van der Waals surface area contributed by atoms with Crippen LogP contribution in [-0.2, 0) is 14.2 Å². The lowest BCUT2D eigenvalue weighted by molar-refractivity contribution is -0.0730. The van der Waals surface area contributed by atoms with Gasteiger partial charge in [-0.3, -0.25) is 0 Å². The summed E-state index contributed by atoms with van der Waals surface area (Å²) >= 11 is 0. The van der Waals surface area contributed by atoms with Crippen LogP contribution in [0, 0.1) is 0 Å². The van der Waals surface area contributed by atoms with Gasteiger partial charge in [0.25, 0.3) is 0 Å². The third kappa shape index (κ3) is 2.78. The molecule has 1 aromatic carbocycles. The maximum atomic E-state index is 5.70. The monoisotopic (exact) mass is 208 g/mol. The molecule has 1 aliphatic rings. The van der Waals surface area contributed by atoms with Gasteiger partial charge >= 0.3 is 0 Å². The second kappa shape index (κ2) is 5.26. The Hall–Kier alpha value is -0.900. The predicted molar refractivity (Wildman–Crippen MR) is 56.5 cm³/mol. The van der Waals surface area contributed by atoms with E-state index in [0.717, 1.165) is 12.2 Å². The largest absolute Gasteiger partial charge is 0.379 e. The van der Waals surface area contributed by atoms with Gasteiger partial charge < -0.3 is 14.2 Å². The second-order valence-corrected chi connectivity index (χ2v) is 3.49. The molecular weight excluding hydrogens is 192 g/mol. The van der Waals surface area contributed by atoms with Crippen LogP contribution >= 0.6 is 0 Å². The van der Waals surface area contributed by atoms with E-state index in [1.807, 2.05) is 37.3 Å². The quantitative estimate of drug-likeness (QED) is 0.758. The van der Waals surface area contributed by atoms with Gasteiger partial charge in [-0.15, -0.1) is 0 Å². The summed E-state index contributed by atoms with van der Waals surface area (Å²) in [6.07, 6.45) is -0.160. The van der Waals surface area contributed by atoms with Crippen molar-refractivity contribution in [2.75, 3.05) is 19.8 Å². The predicted octanol–water partition coefficient (Wildman–Crippen LogP) is 2.14. The molecule has 1 saturated heterocycles. The van der Waals surface area contributed by atoms with Crippen molar-refractivity contribution in [3.63, 3.8) is 0 Å². The number of rotatable bonds is 4. The number of ether oxygens (including phenoxy) is 3. The van der Waals surface area contributed by atoms with Crippen LogP contribution in [0.25, 0.3) is 0 Å². The van der Waals surface area contributed by atoms with Gasteiger partial charge in [0.1, 0.15) is 6.10 Å². The molecule has 0 amide bonds. The topological polar surface area (TPSA) is 27.7 Å². The van der Waals surface area contributed by atoms with Gasteiger partial charge in [0.15, 0.2) is 6.29 Å². The molecule has 0 radical (unpaired) electrons. The average Bonchev–Trinajstić information content (AvgIpc) is 2.76. The Bertz CT molecular complexity index is 286. The molecule has 15 heavy (non-hydrogen) atoms. The lowest BCUT2D eigenvalue weighted by Gasteiger charge is -2.11. The van der Waals surface area contributed by atoms with E-state index in [1.54, 1.807) is 0 Å². The Labute approximate surface area is 90.0 Å². The van der Waals surface area contributed by atoms with Crippen molar-refractivity contribution >= 4 is 0 Å². The van der Waals surface area contributed by atoms with Gasteiger partial charge in [0.05, 0.1) is 13.2 Å². The second-order valence-electron chi connectivity index (χ2n) is 3.49. The maximum absolute atomic E-state index is 5.70. The first kappa shape index (κ1) is 10.6. The fourth-order valence-corrected chi connectivity index (χ4v) is 1.57. The lowest BCUT2D eigenvalue weighted by Crippen LogP contribution is -2.17. The first-order valence-electron chi connectivity index (χ1n) is 5.30. The summed E-state index contributed by atoms with van der Waals surface area (Å²) in [7, 11) is 0. The van der Waals surface area contributed by atoms with Crippen LogP contribution in [0.2, 0.25) is 0 Å². The first-order valence-corrected chi connectivity index (χ1v) is 5.30. The summed E-state index contributed by atoms with van der Waals surface area (Å²) < 4.78 is 16.5. The molecule has 3 heteroatoms. The van der Waals surface area contributed by atoms with Crippen molar-refractivity contribution in [2.24, 2.45) is 0 Å². The minimum Gasteiger partial charge on any atom is -0.379 e. The SMILES string of the molecule is CCOC[C@@H]1CO[C@H](c2ccccc2)O1. The normalized spacial score (nSPS) is 25.7. The summed E-state index contributed by atoms with van der Waals surface area (Å²) in [5.74, 6) is 0. The third-order valence-corrected chi connectivity index (χ3v) is 2.33. The molecule has 2 atom stereocenters. The van der Waals surface area contributed by atoms with E-state index in [4.69, 9.17) is 14.2 Å². The standard InChI is InChI=1S/C12H16O3/c1-2-13-8-11-9-14-12(15-11)10-6-4-3-5-7-10/h3-7,11-12H,2,8-9H2,1H3/t11-,12+/m1/s1. The maximum Gasteiger partial charge on any atom is 0.184 e. The van der Waals surface area contributed by atoms with Gasteiger partial charge in [-0.2, -0.15) is 0 Å². The van der Waals surface area contributed by atoms with Crippen molar-refractivity contribution in [2.45, 2.75) is 19.3 Å². The highest BCUT2D eigenvalue weighted by Crippen LogP contribution is 2.26. The minimum absolute atomic E-state index is 0.0650. The van der Waals surface area contributed by atoms with E-state index in [-0.39, 0.29) is 12.4 Å². The van der Waals surface area contributed by atoms with Crippen LogP contribution in [-0.4, -0.2) is 25.9 Å². The minimum atomic E-state index is -0.225. The molecule has 1 aliphatic heterocycles. The van der Waals surface area contributed by atoms with Crippen molar-refractivity contribution in [3.05, 3.63) is 35.9 Å². The Balaban J connectivity index is 1.87. The summed E-state index contributed by atoms with van der Waals surface area (Å²) in [4.78, 5) is 0. The van der Waals surface area contributed by atoms with E-state index in [2.05, 4.69) is 0 Å². The molecule has 0 aromatic heterocycles. The number of benzene rings is 1. The highest BCUT2D eigenvalue weighted by molar-refractivity contribution is 5.16. The first-order chi connectivity index (χ1) is 7.40. The van der Waals surface area contributed by atoms with Crippen LogP contribution in [0.4, 0.5) is 0 Å². The molecule has 0 unspecified atom stereocenters. The molecule has 0 saturated carbocycles. The van der Waals surface area contributed by atoms with E-state index < -0.39 is 0 Å². The third-order valence-electron chi connectivity index (χ3n) is 2.33. The molecule has 3 nitrogen and oxygen atoms in total. The summed E-state index contributed by atoms with van der Waals surface area (Å²) in [5, 5.41) is 0. The summed E-state index contributed by atoms with van der Waals surface area (Å²) in [6, 6.07) is 9.97. The molecule has 2 rings (SSSR count). The summed E-state index contributed by atoms with van der Waals surface area (Å²) in [5.41, 5.74) is 1.07. The van der Waals surface area contributed by atoms with Gasteiger partial charge in [-0.1, -0.05) is 30.3 Å². The molecule has 1 heterocycles. The van der Waals surface area contributed by atoms with Crippen molar-refractivity contribution in [1.29, 1.82) is 0 Å². The van der Waals surface area contributed by atoms with E-state index in [1.165, 1.54) is 0 Å². The Kier molecular flexibility index (Phi) is 3.72. The van der Waals surface area contributed by atoms with E-state index >= 15 is 0 Å². The molecular formula is C12H16O3. The van der Waals surface area contributed by atoms with Crippen molar-refractivity contribution in [3.8, 4) is 0 Å². The van der Waals surface area contributed by atoms with Crippen molar-refractivity contribution in [1.82, 2.24) is 0 Å². The fraction of sp³-hybridized carbons (Fsp3) is 0.500. The molecule has 0 bridgehead atoms. The van der Waals surface area contributed by atoms with Crippen LogP contribution in [0.5, 0.6) is 0 Å². The molecule has 0 N–H and O–H groups in total. The van der Waals surface area contributed by atoms with Crippen LogP contribution in [0.1, 0.15) is 18.8 Å². The Morgan fingerprint density at radius 2 is 2.13 bits per heavy atom. The zero-order valence-electron chi connectivity index (χ0n) is 8.89. The van der Waals surface area contributed by atoms with E-state index in [9.17, 15) is 0 Å². The molecule has 1 fully saturated rings.